The van der Waals surface area contributed by atoms with Crippen LogP contribution in [0.3, 0.4) is 0 Å². The second-order valence-electron chi connectivity index (χ2n) is 9.44. The Morgan fingerprint density at radius 3 is 2.60 bits per heavy atom. The van der Waals surface area contributed by atoms with Crippen LogP contribution in [0.1, 0.15) is 24.5 Å². The Kier molecular flexibility index (Phi) is 5.53. The number of carbonyl (C=O) groups excluding carboxylic acids is 3. The van der Waals surface area contributed by atoms with E-state index in [-0.39, 0.29) is 47.1 Å². The number of imide groups is 1. The number of benzene rings is 2. The van der Waals surface area contributed by atoms with Crippen molar-refractivity contribution in [1.82, 2.24) is 4.98 Å². The first-order valence-electron chi connectivity index (χ1n) is 11.9. The van der Waals surface area contributed by atoms with Crippen molar-refractivity contribution >= 4 is 62.4 Å². The lowest BCUT2D eigenvalue weighted by atomic mass is 9.85. The molecule has 8 heteroatoms. The van der Waals surface area contributed by atoms with E-state index in [1.807, 2.05) is 37.3 Å². The minimum atomic E-state index is -0.208. The standard InChI is InChI=1S/C27H25N3O3S2/c1-3-15-6-4-5-14(2)24(15)29-21(31)13-34-27-28-19-10-9-18(12-20(19)35-27)30-25(32)22-16-7-8-17(11-16)23(22)26(30)33/h4-10,12,16-17,22-23H,3,11,13H2,1-2H3,(H,29,31)/t16-,17-,22-,23+/m0/s1. The number of rotatable bonds is 6. The molecular weight excluding hydrogens is 478 g/mol. The molecule has 0 spiro atoms. The van der Waals surface area contributed by atoms with Gasteiger partial charge in [-0.3, -0.25) is 14.4 Å². The van der Waals surface area contributed by atoms with Crippen molar-refractivity contribution in [2.75, 3.05) is 16.0 Å². The first-order valence-corrected chi connectivity index (χ1v) is 13.7. The molecule has 0 radical (unpaired) electrons. The van der Waals surface area contributed by atoms with E-state index in [4.69, 9.17) is 0 Å². The van der Waals surface area contributed by atoms with Crippen LogP contribution < -0.4 is 10.2 Å². The lowest BCUT2D eigenvalue weighted by Gasteiger charge is -2.17. The average molecular weight is 504 g/mol. The molecule has 0 unspecified atom stereocenters. The minimum absolute atomic E-state index is 0.0676. The van der Waals surface area contributed by atoms with Crippen molar-refractivity contribution in [2.45, 2.75) is 31.0 Å². The lowest BCUT2D eigenvalue weighted by Crippen LogP contribution is -2.32. The topological polar surface area (TPSA) is 79.4 Å². The van der Waals surface area contributed by atoms with Gasteiger partial charge in [0.1, 0.15) is 0 Å². The molecule has 2 aromatic carbocycles. The maximum absolute atomic E-state index is 13.1. The average Bonchev–Trinajstić information content (AvgIpc) is 3.61. The highest BCUT2D eigenvalue weighted by molar-refractivity contribution is 8.01. The van der Waals surface area contributed by atoms with Gasteiger partial charge in [-0.15, -0.1) is 11.3 Å². The number of thioether (sulfide) groups is 1. The van der Waals surface area contributed by atoms with Crippen molar-refractivity contribution in [1.29, 1.82) is 0 Å². The van der Waals surface area contributed by atoms with Gasteiger partial charge in [-0.25, -0.2) is 9.88 Å². The van der Waals surface area contributed by atoms with Gasteiger partial charge in [-0.2, -0.15) is 0 Å². The molecule has 1 saturated carbocycles. The fourth-order valence-electron chi connectivity index (χ4n) is 5.75. The number of aromatic nitrogens is 1. The highest BCUT2D eigenvalue weighted by Gasteiger charge is 2.59. The van der Waals surface area contributed by atoms with E-state index >= 15 is 0 Å². The third-order valence-corrected chi connectivity index (χ3v) is 9.57. The number of para-hydroxylation sites is 1. The maximum atomic E-state index is 13.1. The van der Waals surface area contributed by atoms with Crippen LogP contribution in [0, 0.1) is 30.6 Å². The second kappa shape index (κ2) is 8.60. The molecule has 6 nitrogen and oxygen atoms in total. The third kappa shape index (κ3) is 3.70. The Morgan fingerprint density at radius 2 is 1.89 bits per heavy atom. The summed E-state index contributed by atoms with van der Waals surface area (Å²) in [6, 6.07) is 11.6. The predicted molar refractivity (Wildman–Crippen MR) is 140 cm³/mol. The number of hydrogen-bond acceptors (Lipinski definition) is 6. The van der Waals surface area contributed by atoms with Gasteiger partial charge in [0.2, 0.25) is 17.7 Å². The monoisotopic (exact) mass is 503 g/mol. The fraction of sp³-hybridized carbons (Fsp3) is 0.333. The van der Waals surface area contributed by atoms with Gasteiger partial charge >= 0.3 is 0 Å². The van der Waals surface area contributed by atoms with Crippen LogP contribution in [0.4, 0.5) is 11.4 Å². The van der Waals surface area contributed by atoms with E-state index in [0.29, 0.717) is 5.69 Å². The number of anilines is 2. The number of nitrogens with one attached hydrogen (secondary N) is 1. The minimum Gasteiger partial charge on any atom is -0.325 e. The Labute approximate surface area is 211 Å². The number of carbonyl (C=O) groups is 3. The molecule has 1 saturated heterocycles. The van der Waals surface area contributed by atoms with Gasteiger partial charge in [-0.05, 0) is 60.9 Å². The Bertz CT molecular complexity index is 1380. The second-order valence-corrected chi connectivity index (χ2v) is 11.7. The van der Waals surface area contributed by atoms with Gasteiger partial charge in [0, 0.05) is 5.69 Å². The molecule has 178 valence electrons. The molecule has 2 bridgehead atoms. The molecule has 2 aliphatic carbocycles. The third-order valence-electron chi connectivity index (χ3n) is 7.41. The maximum Gasteiger partial charge on any atom is 0.238 e. The zero-order valence-electron chi connectivity index (χ0n) is 19.5. The van der Waals surface area contributed by atoms with Crippen molar-refractivity contribution < 1.29 is 14.4 Å². The Hall–Kier alpha value is -2.97. The SMILES string of the molecule is CCc1cccc(C)c1NC(=O)CSc1nc2ccc(N3C(=O)[C@@H]4[C@H](C3=O)[C@H]3C=C[C@H]4C3)cc2s1. The summed E-state index contributed by atoms with van der Waals surface area (Å²) in [5.74, 6) is 0.0151. The number of amides is 3. The lowest BCUT2D eigenvalue weighted by molar-refractivity contribution is -0.123. The summed E-state index contributed by atoms with van der Waals surface area (Å²) in [6.07, 6.45) is 5.99. The summed E-state index contributed by atoms with van der Waals surface area (Å²) < 4.78 is 1.68. The van der Waals surface area contributed by atoms with Crippen LogP contribution in [0.25, 0.3) is 10.2 Å². The normalized spacial score (nSPS) is 24.6. The van der Waals surface area contributed by atoms with Gasteiger partial charge < -0.3 is 5.32 Å². The van der Waals surface area contributed by atoms with Crippen LogP contribution in [-0.2, 0) is 20.8 Å². The van der Waals surface area contributed by atoms with Crippen molar-refractivity contribution in [3.05, 3.63) is 59.7 Å². The van der Waals surface area contributed by atoms with Crippen LogP contribution in [0.15, 0.2) is 52.9 Å². The fourth-order valence-corrected chi connectivity index (χ4v) is 7.66. The molecule has 4 atom stereocenters. The van der Waals surface area contributed by atoms with E-state index in [1.165, 1.54) is 28.0 Å². The van der Waals surface area contributed by atoms with Gasteiger partial charge in [0.25, 0.3) is 0 Å². The molecule has 3 amide bonds. The number of fused-ring (bicyclic) bond motifs is 6. The number of aryl methyl sites for hydroxylation is 2. The number of hydrogen-bond donors (Lipinski definition) is 1. The quantitative estimate of drug-likeness (QED) is 0.284. The van der Waals surface area contributed by atoms with Crippen molar-refractivity contribution in [2.24, 2.45) is 23.7 Å². The molecule has 3 aliphatic rings. The molecule has 1 aliphatic heterocycles. The summed E-state index contributed by atoms with van der Waals surface area (Å²) >= 11 is 2.87. The first-order chi connectivity index (χ1) is 16.9. The van der Waals surface area contributed by atoms with Crippen molar-refractivity contribution in [3.63, 3.8) is 0 Å². The number of nitrogens with zero attached hydrogens (tertiary/aromatic N) is 2. The summed E-state index contributed by atoms with van der Waals surface area (Å²) in [7, 11) is 0. The molecule has 6 rings (SSSR count). The first kappa shape index (κ1) is 22.5. The van der Waals surface area contributed by atoms with Gasteiger partial charge in [0.05, 0.1) is 33.5 Å². The summed E-state index contributed by atoms with van der Waals surface area (Å²) in [4.78, 5) is 44.9. The Balaban J connectivity index is 1.16. The zero-order chi connectivity index (χ0) is 24.3. The summed E-state index contributed by atoms with van der Waals surface area (Å²) in [5.41, 5.74) is 4.48. The smallest absolute Gasteiger partial charge is 0.238 e. The molecule has 2 heterocycles. The largest absolute Gasteiger partial charge is 0.325 e. The highest BCUT2D eigenvalue weighted by Crippen LogP contribution is 2.53. The van der Waals surface area contributed by atoms with E-state index < -0.39 is 0 Å². The van der Waals surface area contributed by atoms with E-state index in [2.05, 4.69) is 29.4 Å². The van der Waals surface area contributed by atoms with Gasteiger partial charge in [-0.1, -0.05) is 49.0 Å². The van der Waals surface area contributed by atoms with Crippen LogP contribution in [0.5, 0.6) is 0 Å². The zero-order valence-corrected chi connectivity index (χ0v) is 21.1. The van der Waals surface area contributed by atoms with E-state index in [1.54, 1.807) is 6.07 Å². The van der Waals surface area contributed by atoms with Crippen molar-refractivity contribution in [3.8, 4) is 0 Å². The Morgan fingerprint density at radius 1 is 1.14 bits per heavy atom. The molecule has 3 aromatic rings. The number of allylic oxidation sites excluding steroid dienone is 2. The highest BCUT2D eigenvalue weighted by atomic mass is 32.2. The summed E-state index contributed by atoms with van der Waals surface area (Å²) in [5, 5.41) is 3.05. The summed E-state index contributed by atoms with van der Waals surface area (Å²) in [6.45, 7) is 4.07. The predicted octanol–water partition coefficient (Wildman–Crippen LogP) is 5.21. The van der Waals surface area contributed by atoms with Crippen LogP contribution >= 0.6 is 23.1 Å². The molecule has 1 N–H and O–H groups in total. The van der Waals surface area contributed by atoms with Crippen LogP contribution in [0.2, 0.25) is 0 Å². The van der Waals surface area contributed by atoms with Gasteiger partial charge in [0.15, 0.2) is 4.34 Å². The van der Waals surface area contributed by atoms with Crippen LogP contribution in [-0.4, -0.2) is 28.5 Å². The molecule has 35 heavy (non-hydrogen) atoms. The molecule has 1 aromatic heterocycles. The number of thiazole rings is 1. The van der Waals surface area contributed by atoms with E-state index in [9.17, 15) is 14.4 Å². The van der Waals surface area contributed by atoms with E-state index in [0.717, 1.165) is 44.2 Å². The molecule has 2 fully saturated rings. The molecular formula is C27H25N3O3S2.